The van der Waals surface area contributed by atoms with Crippen molar-refractivity contribution in [3.05, 3.63) is 24.3 Å². The summed E-state index contributed by atoms with van der Waals surface area (Å²) in [5.74, 6) is 0.529. The SMILES string of the molecule is CC(OCCCOc1ccccc1N)C(F)(F)F. The predicted octanol–water partition coefficient (Wildman–Crippen LogP) is 3.01. The van der Waals surface area contributed by atoms with Crippen molar-refractivity contribution >= 4 is 5.69 Å². The Hall–Kier alpha value is -1.43. The van der Waals surface area contributed by atoms with Crippen molar-refractivity contribution in [3.8, 4) is 5.75 Å². The molecule has 0 amide bonds. The van der Waals surface area contributed by atoms with Crippen LogP contribution in [0.15, 0.2) is 24.3 Å². The molecule has 1 aromatic carbocycles. The third kappa shape index (κ3) is 4.83. The lowest BCUT2D eigenvalue weighted by atomic mass is 10.3. The van der Waals surface area contributed by atoms with Gasteiger partial charge in [-0.3, -0.25) is 0 Å². The summed E-state index contributed by atoms with van der Waals surface area (Å²) >= 11 is 0. The molecular formula is C12H16F3NO2. The van der Waals surface area contributed by atoms with Crippen LogP contribution in [0.5, 0.6) is 5.75 Å². The Morgan fingerprint density at radius 2 is 1.89 bits per heavy atom. The highest BCUT2D eigenvalue weighted by Crippen LogP contribution is 2.22. The van der Waals surface area contributed by atoms with E-state index in [9.17, 15) is 13.2 Å². The van der Waals surface area contributed by atoms with Crippen molar-refractivity contribution in [1.29, 1.82) is 0 Å². The van der Waals surface area contributed by atoms with Crippen LogP contribution in [0.4, 0.5) is 18.9 Å². The zero-order valence-electron chi connectivity index (χ0n) is 10.0. The van der Waals surface area contributed by atoms with E-state index in [0.717, 1.165) is 6.92 Å². The Morgan fingerprint density at radius 3 is 2.50 bits per heavy atom. The molecule has 0 fully saturated rings. The van der Waals surface area contributed by atoms with Crippen LogP contribution in [0.2, 0.25) is 0 Å². The van der Waals surface area contributed by atoms with E-state index in [0.29, 0.717) is 17.9 Å². The van der Waals surface area contributed by atoms with Gasteiger partial charge >= 0.3 is 6.18 Å². The Morgan fingerprint density at radius 1 is 1.22 bits per heavy atom. The largest absolute Gasteiger partial charge is 0.491 e. The number of halogens is 3. The normalized spacial score (nSPS) is 13.3. The van der Waals surface area contributed by atoms with Crippen molar-refractivity contribution < 1.29 is 22.6 Å². The molecule has 0 spiro atoms. The minimum Gasteiger partial charge on any atom is -0.491 e. The average Bonchev–Trinajstić information content (AvgIpc) is 2.29. The van der Waals surface area contributed by atoms with E-state index < -0.39 is 12.3 Å². The third-order valence-corrected chi connectivity index (χ3v) is 2.29. The molecule has 0 radical (unpaired) electrons. The van der Waals surface area contributed by atoms with Crippen LogP contribution in [0.25, 0.3) is 0 Å². The number of anilines is 1. The maximum atomic E-state index is 12.1. The zero-order chi connectivity index (χ0) is 13.6. The quantitative estimate of drug-likeness (QED) is 0.634. The lowest BCUT2D eigenvalue weighted by Crippen LogP contribution is -2.29. The summed E-state index contributed by atoms with van der Waals surface area (Å²) in [6.45, 7) is 1.24. The van der Waals surface area contributed by atoms with Crippen molar-refractivity contribution in [3.63, 3.8) is 0 Å². The van der Waals surface area contributed by atoms with Crippen LogP contribution in [0.3, 0.4) is 0 Å². The number of alkyl halides is 3. The van der Waals surface area contributed by atoms with E-state index >= 15 is 0 Å². The minimum atomic E-state index is -4.31. The van der Waals surface area contributed by atoms with Gasteiger partial charge in [-0.25, -0.2) is 0 Å². The Kier molecular flexibility index (Phi) is 5.27. The molecule has 1 rings (SSSR count). The van der Waals surface area contributed by atoms with Crippen LogP contribution in [0.1, 0.15) is 13.3 Å². The molecule has 1 atom stereocenters. The van der Waals surface area contributed by atoms with Gasteiger partial charge in [0.15, 0.2) is 6.10 Å². The van der Waals surface area contributed by atoms with E-state index in [-0.39, 0.29) is 13.2 Å². The van der Waals surface area contributed by atoms with Gasteiger partial charge in [-0.05, 0) is 19.1 Å². The van der Waals surface area contributed by atoms with Crippen molar-refractivity contribution in [2.45, 2.75) is 25.6 Å². The second-order valence-corrected chi connectivity index (χ2v) is 3.79. The molecule has 0 aromatic heterocycles. The molecular weight excluding hydrogens is 247 g/mol. The summed E-state index contributed by atoms with van der Waals surface area (Å²) in [5, 5.41) is 0. The van der Waals surface area contributed by atoms with Crippen molar-refractivity contribution in [2.75, 3.05) is 18.9 Å². The summed E-state index contributed by atoms with van der Waals surface area (Å²) < 4.78 is 46.3. The molecule has 0 saturated carbocycles. The van der Waals surface area contributed by atoms with E-state index in [1.54, 1.807) is 24.3 Å². The first-order valence-electron chi connectivity index (χ1n) is 5.57. The summed E-state index contributed by atoms with van der Waals surface area (Å²) in [6.07, 6.45) is -5.70. The first-order valence-corrected chi connectivity index (χ1v) is 5.57. The van der Waals surface area contributed by atoms with Gasteiger partial charge in [0.25, 0.3) is 0 Å². The third-order valence-electron chi connectivity index (χ3n) is 2.29. The summed E-state index contributed by atoms with van der Waals surface area (Å²) in [6, 6.07) is 6.94. The molecule has 0 aliphatic rings. The van der Waals surface area contributed by atoms with E-state index in [1.807, 2.05) is 0 Å². The van der Waals surface area contributed by atoms with Crippen molar-refractivity contribution in [2.24, 2.45) is 0 Å². The van der Waals surface area contributed by atoms with Gasteiger partial charge in [-0.1, -0.05) is 12.1 Å². The summed E-state index contributed by atoms with van der Waals surface area (Å²) in [7, 11) is 0. The fourth-order valence-electron chi connectivity index (χ4n) is 1.21. The average molecular weight is 263 g/mol. The number of ether oxygens (including phenoxy) is 2. The van der Waals surface area contributed by atoms with Gasteiger partial charge in [0.05, 0.1) is 18.9 Å². The fourth-order valence-corrected chi connectivity index (χ4v) is 1.21. The summed E-state index contributed by atoms with van der Waals surface area (Å²) in [4.78, 5) is 0. The number of hydrogen-bond donors (Lipinski definition) is 1. The van der Waals surface area contributed by atoms with Crippen LogP contribution in [-0.2, 0) is 4.74 Å². The number of hydrogen-bond acceptors (Lipinski definition) is 3. The highest BCUT2D eigenvalue weighted by Gasteiger charge is 2.36. The fraction of sp³-hybridized carbons (Fsp3) is 0.500. The van der Waals surface area contributed by atoms with Gasteiger partial charge < -0.3 is 15.2 Å². The van der Waals surface area contributed by atoms with Crippen molar-refractivity contribution in [1.82, 2.24) is 0 Å². The molecule has 6 heteroatoms. The molecule has 0 saturated heterocycles. The number of rotatable bonds is 6. The van der Waals surface area contributed by atoms with Crippen LogP contribution < -0.4 is 10.5 Å². The molecule has 0 bridgehead atoms. The number of para-hydroxylation sites is 2. The topological polar surface area (TPSA) is 44.5 Å². The number of nitrogens with two attached hydrogens (primary N) is 1. The molecule has 0 aliphatic carbocycles. The molecule has 102 valence electrons. The van der Waals surface area contributed by atoms with Gasteiger partial charge in [0, 0.05) is 6.42 Å². The molecule has 1 unspecified atom stereocenters. The zero-order valence-corrected chi connectivity index (χ0v) is 10.0. The van der Waals surface area contributed by atoms with Crippen LogP contribution >= 0.6 is 0 Å². The lowest BCUT2D eigenvalue weighted by molar-refractivity contribution is -0.214. The van der Waals surface area contributed by atoms with E-state index in [4.69, 9.17) is 10.5 Å². The maximum absolute atomic E-state index is 12.1. The first-order chi connectivity index (χ1) is 8.41. The Balaban J connectivity index is 2.18. The van der Waals surface area contributed by atoms with Gasteiger partial charge in [0.2, 0.25) is 0 Å². The molecule has 2 N–H and O–H groups in total. The predicted molar refractivity (Wildman–Crippen MR) is 62.4 cm³/mol. The smallest absolute Gasteiger partial charge is 0.414 e. The Labute approximate surface area is 104 Å². The second kappa shape index (κ2) is 6.49. The van der Waals surface area contributed by atoms with E-state index in [2.05, 4.69) is 4.74 Å². The lowest BCUT2D eigenvalue weighted by Gasteiger charge is -2.16. The highest BCUT2D eigenvalue weighted by molar-refractivity contribution is 5.51. The molecule has 18 heavy (non-hydrogen) atoms. The standard InChI is InChI=1S/C12H16F3NO2/c1-9(12(13,14)15)17-7-4-8-18-11-6-3-2-5-10(11)16/h2-3,5-6,9H,4,7-8,16H2,1H3. The highest BCUT2D eigenvalue weighted by atomic mass is 19.4. The molecule has 3 nitrogen and oxygen atoms in total. The van der Waals surface area contributed by atoms with E-state index in [1.165, 1.54) is 0 Å². The number of benzene rings is 1. The monoisotopic (exact) mass is 263 g/mol. The summed E-state index contributed by atoms with van der Waals surface area (Å²) in [5.41, 5.74) is 6.14. The molecule has 1 aromatic rings. The van der Waals surface area contributed by atoms with Gasteiger partial charge in [0.1, 0.15) is 5.75 Å². The van der Waals surface area contributed by atoms with Crippen LogP contribution in [0, 0.1) is 0 Å². The van der Waals surface area contributed by atoms with Crippen LogP contribution in [-0.4, -0.2) is 25.5 Å². The van der Waals surface area contributed by atoms with Gasteiger partial charge in [-0.15, -0.1) is 0 Å². The number of nitrogen functional groups attached to an aromatic ring is 1. The molecule has 0 aliphatic heterocycles. The maximum Gasteiger partial charge on any atom is 0.414 e. The van der Waals surface area contributed by atoms with Gasteiger partial charge in [-0.2, -0.15) is 13.2 Å². The Bertz CT molecular complexity index is 369. The second-order valence-electron chi connectivity index (χ2n) is 3.79. The first kappa shape index (κ1) is 14.6. The molecule has 0 heterocycles. The minimum absolute atomic E-state index is 0.00653.